The molecule has 1 aliphatic carbocycles. The van der Waals surface area contributed by atoms with Gasteiger partial charge in [-0.3, -0.25) is 4.79 Å². The summed E-state index contributed by atoms with van der Waals surface area (Å²) in [5, 5.41) is 11.3. The van der Waals surface area contributed by atoms with Gasteiger partial charge in [0.1, 0.15) is 6.04 Å². The molecule has 2 aliphatic rings. The first-order chi connectivity index (χ1) is 8.09. The summed E-state index contributed by atoms with van der Waals surface area (Å²) in [4.78, 5) is 24.6. The number of amides is 2. The third-order valence-corrected chi connectivity index (χ3v) is 3.96. The first-order valence-corrected chi connectivity index (χ1v) is 6.39. The maximum Gasteiger partial charge on any atom is 0.325 e. The second kappa shape index (κ2) is 4.94. The van der Waals surface area contributed by atoms with Gasteiger partial charge in [0.25, 0.3) is 0 Å². The minimum atomic E-state index is -0.988. The number of hydrogen-bond donors (Lipinski definition) is 2. The average molecular weight is 240 g/mol. The first-order valence-electron chi connectivity index (χ1n) is 6.39. The largest absolute Gasteiger partial charge is 0.480 e. The fourth-order valence-corrected chi connectivity index (χ4v) is 3.04. The highest BCUT2D eigenvalue weighted by Gasteiger charge is 2.37. The lowest BCUT2D eigenvalue weighted by Gasteiger charge is -2.38. The SMILES string of the molecule is C[C@@H](NC(=O)N1CCCC2CCCC21)C(=O)O. The molecule has 5 nitrogen and oxygen atoms in total. The van der Waals surface area contributed by atoms with Gasteiger partial charge in [0.2, 0.25) is 0 Å². The molecule has 0 aromatic heterocycles. The zero-order valence-corrected chi connectivity index (χ0v) is 10.2. The van der Waals surface area contributed by atoms with Gasteiger partial charge in [0, 0.05) is 12.6 Å². The molecular formula is C12H20N2O3. The highest BCUT2D eigenvalue weighted by molar-refractivity contribution is 5.82. The van der Waals surface area contributed by atoms with Crippen LogP contribution in [0.2, 0.25) is 0 Å². The number of carboxylic acids is 1. The molecule has 2 unspecified atom stereocenters. The summed E-state index contributed by atoms with van der Waals surface area (Å²) >= 11 is 0. The third-order valence-electron chi connectivity index (χ3n) is 3.96. The lowest BCUT2D eigenvalue weighted by atomic mass is 9.92. The number of urea groups is 1. The molecule has 3 atom stereocenters. The van der Waals surface area contributed by atoms with Gasteiger partial charge in [-0.15, -0.1) is 0 Å². The number of rotatable bonds is 2. The molecule has 1 heterocycles. The smallest absolute Gasteiger partial charge is 0.325 e. The van der Waals surface area contributed by atoms with Crippen molar-refractivity contribution in [2.24, 2.45) is 5.92 Å². The predicted molar refractivity (Wildman–Crippen MR) is 62.7 cm³/mol. The molecule has 0 spiro atoms. The van der Waals surface area contributed by atoms with Crippen molar-refractivity contribution in [2.75, 3.05) is 6.54 Å². The summed E-state index contributed by atoms with van der Waals surface area (Å²) in [5.74, 6) is -0.354. The molecule has 5 heteroatoms. The molecule has 1 saturated heterocycles. The van der Waals surface area contributed by atoms with Crippen molar-refractivity contribution in [1.82, 2.24) is 10.2 Å². The van der Waals surface area contributed by atoms with E-state index in [1.165, 1.54) is 26.2 Å². The maximum atomic E-state index is 12.0. The number of piperidine rings is 1. The second-order valence-corrected chi connectivity index (χ2v) is 5.10. The van der Waals surface area contributed by atoms with Crippen LogP contribution in [0, 0.1) is 5.92 Å². The molecule has 0 bridgehead atoms. The zero-order chi connectivity index (χ0) is 12.4. The Kier molecular flexibility index (Phi) is 3.54. The number of carboxylic acid groups (broad SMARTS) is 1. The van der Waals surface area contributed by atoms with Gasteiger partial charge in [-0.25, -0.2) is 4.79 Å². The van der Waals surface area contributed by atoms with Crippen molar-refractivity contribution >= 4 is 12.0 Å². The Morgan fingerprint density at radius 1 is 1.29 bits per heavy atom. The Hall–Kier alpha value is -1.26. The molecule has 1 aliphatic heterocycles. The lowest BCUT2D eigenvalue weighted by Crippen LogP contribution is -2.53. The number of hydrogen-bond acceptors (Lipinski definition) is 2. The monoisotopic (exact) mass is 240 g/mol. The van der Waals surface area contributed by atoms with Crippen molar-refractivity contribution in [3.05, 3.63) is 0 Å². The summed E-state index contributed by atoms with van der Waals surface area (Å²) in [6.07, 6.45) is 5.72. The van der Waals surface area contributed by atoms with E-state index in [2.05, 4.69) is 5.32 Å². The Morgan fingerprint density at radius 2 is 2.00 bits per heavy atom. The van der Waals surface area contributed by atoms with E-state index in [9.17, 15) is 9.59 Å². The maximum absolute atomic E-state index is 12.0. The third kappa shape index (κ3) is 2.53. The summed E-state index contributed by atoms with van der Waals surface area (Å²) in [6, 6.07) is -0.689. The quantitative estimate of drug-likeness (QED) is 0.767. The predicted octanol–water partition coefficient (Wildman–Crippen LogP) is 1.43. The number of nitrogens with one attached hydrogen (secondary N) is 1. The van der Waals surface area contributed by atoms with E-state index < -0.39 is 12.0 Å². The number of nitrogens with zero attached hydrogens (tertiary/aromatic N) is 1. The first kappa shape index (κ1) is 12.2. The Labute approximate surface area is 101 Å². The van der Waals surface area contributed by atoms with E-state index in [1.54, 1.807) is 0 Å². The lowest BCUT2D eigenvalue weighted by molar-refractivity contribution is -0.138. The fraction of sp³-hybridized carbons (Fsp3) is 0.833. The molecule has 1 saturated carbocycles. The van der Waals surface area contributed by atoms with Crippen LogP contribution in [0.25, 0.3) is 0 Å². The summed E-state index contributed by atoms with van der Waals surface area (Å²) in [7, 11) is 0. The fourth-order valence-electron chi connectivity index (χ4n) is 3.04. The van der Waals surface area contributed by atoms with Crippen LogP contribution >= 0.6 is 0 Å². The standard InChI is InChI=1S/C12H20N2O3/c1-8(11(15)16)13-12(17)14-7-3-5-9-4-2-6-10(9)14/h8-10H,2-7H2,1H3,(H,13,17)(H,15,16)/t8-,9?,10?/m1/s1. The molecule has 17 heavy (non-hydrogen) atoms. The highest BCUT2D eigenvalue weighted by atomic mass is 16.4. The minimum Gasteiger partial charge on any atom is -0.480 e. The van der Waals surface area contributed by atoms with Crippen LogP contribution in [0.15, 0.2) is 0 Å². The molecule has 2 rings (SSSR count). The highest BCUT2D eigenvalue weighted by Crippen LogP contribution is 2.36. The number of likely N-dealkylation sites (tertiary alicyclic amines) is 1. The van der Waals surface area contributed by atoms with Crippen LogP contribution in [0.1, 0.15) is 39.0 Å². The Balaban J connectivity index is 1.96. The van der Waals surface area contributed by atoms with Gasteiger partial charge in [0.15, 0.2) is 0 Å². The molecule has 2 fully saturated rings. The van der Waals surface area contributed by atoms with E-state index >= 15 is 0 Å². The van der Waals surface area contributed by atoms with Crippen molar-refractivity contribution in [3.8, 4) is 0 Å². The minimum absolute atomic E-state index is 0.212. The van der Waals surface area contributed by atoms with Crippen molar-refractivity contribution in [2.45, 2.75) is 51.1 Å². The summed E-state index contributed by atoms with van der Waals surface area (Å²) in [6.45, 7) is 2.26. The van der Waals surface area contributed by atoms with Crippen LogP contribution in [0.3, 0.4) is 0 Å². The summed E-state index contributed by atoms with van der Waals surface area (Å²) in [5.41, 5.74) is 0. The van der Waals surface area contributed by atoms with Gasteiger partial charge in [-0.1, -0.05) is 6.42 Å². The average Bonchev–Trinajstić information content (AvgIpc) is 2.76. The van der Waals surface area contributed by atoms with Crippen LogP contribution in [0.4, 0.5) is 4.79 Å². The van der Waals surface area contributed by atoms with Gasteiger partial charge in [-0.2, -0.15) is 0 Å². The zero-order valence-electron chi connectivity index (χ0n) is 10.2. The van der Waals surface area contributed by atoms with Gasteiger partial charge in [-0.05, 0) is 38.5 Å². The van der Waals surface area contributed by atoms with E-state index in [0.29, 0.717) is 12.0 Å². The van der Waals surface area contributed by atoms with Crippen LogP contribution in [-0.4, -0.2) is 40.6 Å². The van der Waals surface area contributed by atoms with Crippen LogP contribution in [-0.2, 0) is 4.79 Å². The van der Waals surface area contributed by atoms with Crippen LogP contribution < -0.4 is 5.32 Å². The Morgan fingerprint density at radius 3 is 2.71 bits per heavy atom. The molecule has 0 radical (unpaired) electrons. The van der Waals surface area contributed by atoms with Crippen molar-refractivity contribution < 1.29 is 14.7 Å². The van der Waals surface area contributed by atoms with E-state index in [-0.39, 0.29) is 6.03 Å². The molecule has 96 valence electrons. The summed E-state index contributed by atoms with van der Waals surface area (Å²) < 4.78 is 0. The van der Waals surface area contributed by atoms with E-state index in [4.69, 9.17) is 5.11 Å². The van der Waals surface area contributed by atoms with E-state index in [1.807, 2.05) is 4.90 Å². The molecule has 2 N–H and O–H groups in total. The number of aliphatic carboxylic acids is 1. The topological polar surface area (TPSA) is 69.6 Å². The number of fused-ring (bicyclic) bond motifs is 1. The second-order valence-electron chi connectivity index (χ2n) is 5.10. The molecular weight excluding hydrogens is 220 g/mol. The van der Waals surface area contributed by atoms with Crippen molar-refractivity contribution in [3.63, 3.8) is 0 Å². The van der Waals surface area contributed by atoms with Crippen LogP contribution in [0.5, 0.6) is 0 Å². The Bertz CT molecular complexity index is 319. The molecule has 0 aromatic rings. The number of carbonyl (C=O) groups excluding carboxylic acids is 1. The number of carbonyl (C=O) groups is 2. The molecule has 2 amide bonds. The normalized spacial score (nSPS) is 29.6. The van der Waals surface area contributed by atoms with Gasteiger partial charge >= 0.3 is 12.0 Å². The van der Waals surface area contributed by atoms with Crippen molar-refractivity contribution in [1.29, 1.82) is 0 Å². The van der Waals surface area contributed by atoms with Gasteiger partial charge in [0.05, 0.1) is 0 Å². The van der Waals surface area contributed by atoms with Gasteiger partial charge < -0.3 is 15.3 Å². The van der Waals surface area contributed by atoms with E-state index in [0.717, 1.165) is 19.4 Å². The molecule has 0 aromatic carbocycles.